The molecule has 0 bridgehead atoms. The van der Waals surface area contributed by atoms with Crippen molar-refractivity contribution >= 4 is 22.7 Å². The Bertz CT molecular complexity index is 1130. The van der Waals surface area contributed by atoms with Gasteiger partial charge in [0.05, 0.1) is 43.1 Å². The van der Waals surface area contributed by atoms with E-state index < -0.39 is 6.10 Å². The van der Waals surface area contributed by atoms with E-state index in [1.165, 1.54) is 0 Å². The number of rotatable bonds is 3. The van der Waals surface area contributed by atoms with Crippen LogP contribution in [0, 0.1) is 0 Å². The largest absolute Gasteiger partial charge is 0.378 e. The van der Waals surface area contributed by atoms with Crippen molar-refractivity contribution in [2.45, 2.75) is 6.10 Å². The van der Waals surface area contributed by atoms with E-state index in [0.29, 0.717) is 62.8 Å². The zero-order valence-electron chi connectivity index (χ0n) is 17.8. The number of carbonyl (C=O) groups excluding carboxylic acids is 2. The lowest BCUT2D eigenvalue weighted by Gasteiger charge is -2.33. The molecule has 0 N–H and O–H groups in total. The summed E-state index contributed by atoms with van der Waals surface area (Å²) >= 11 is 0. The highest BCUT2D eigenvalue weighted by molar-refractivity contribution is 6.06. The van der Waals surface area contributed by atoms with E-state index in [9.17, 15) is 9.59 Å². The van der Waals surface area contributed by atoms with Gasteiger partial charge in [0.15, 0.2) is 0 Å². The summed E-state index contributed by atoms with van der Waals surface area (Å²) in [5.41, 5.74) is 2.69. The summed E-state index contributed by atoms with van der Waals surface area (Å²) in [6.45, 7) is 3.58. The smallest absolute Gasteiger partial charge is 0.254 e. The highest BCUT2D eigenvalue weighted by Crippen LogP contribution is 2.27. The second-order valence-electron chi connectivity index (χ2n) is 7.99. The Morgan fingerprint density at radius 2 is 1.56 bits per heavy atom. The van der Waals surface area contributed by atoms with Gasteiger partial charge in [-0.15, -0.1) is 0 Å². The number of aromatic nitrogens is 1. The molecule has 1 aromatic heterocycles. The molecule has 3 heterocycles. The average molecular weight is 431 g/mol. The van der Waals surface area contributed by atoms with Gasteiger partial charge in [-0.05, 0) is 24.3 Å². The minimum absolute atomic E-state index is 0.0238. The molecule has 1 atom stereocenters. The van der Waals surface area contributed by atoms with Crippen LogP contribution in [0.3, 0.4) is 0 Å². The number of morpholine rings is 2. The number of amides is 2. The number of ether oxygens (including phenoxy) is 2. The van der Waals surface area contributed by atoms with Crippen LogP contribution in [0.15, 0.2) is 60.7 Å². The van der Waals surface area contributed by atoms with E-state index in [1.807, 2.05) is 65.6 Å². The molecule has 2 saturated heterocycles. The molecule has 32 heavy (non-hydrogen) atoms. The van der Waals surface area contributed by atoms with Crippen LogP contribution in [0.4, 0.5) is 0 Å². The maximum atomic E-state index is 13.3. The van der Waals surface area contributed by atoms with Crippen LogP contribution < -0.4 is 0 Å². The van der Waals surface area contributed by atoms with Gasteiger partial charge in [0, 0.05) is 30.6 Å². The fraction of sp³-hybridized carbons (Fsp3) is 0.320. The third kappa shape index (κ3) is 4.09. The summed E-state index contributed by atoms with van der Waals surface area (Å²) in [5.74, 6) is -0.0505. The average Bonchev–Trinajstić information content (AvgIpc) is 2.88. The Labute approximate surface area is 186 Å². The zero-order valence-corrected chi connectivity index (χ0v) is 17.8. The lowest BCUT2D eigenvalue weighted by molar-refractivity contribution is -0.0246. The molecule has 0 unspecified atom stereocenters. The highest BCUT2D eigenvalue weighted by Gasteiger charge is 2.29. The van der Waals surface area contributed by atoms with Gasteiger partial charge >= 0.3 is 0 Å². The Morgan fingerprint density at radius 1 is 0.844 bits per heavy atom. The molecule has 7 heteroatoms. The van der Waals surface area contributed by atoms with Crippen LogP contribution in [0.2, 0.25) is 0 Å². The fourth-order valence-corrected chi connectivity index (χ4v) is 4.25. The Hall–Kier alpha value is -3.29. The van der Waals surface area contributed by atoms with E-state index in [0.717, 1.165) is 10.9 Å². The minimum atomic E-state index is -0.391. The highest BCUT2D eigenvalue weighted by atomic mass is 16.5. The van der Waals surface area contributed by atoms with Crippen LogP contribution in [0.1, 0.15) is 32.5 Å². The minimum Gasteiger partial charge on any atom is -0.378 e. The zero-order chi connectivity index (χ0) is 21.9. The Morgan fingerprint density at radius 3 is 2.38 bits per heavy atom. The molecule has 164 valence electrons. The molecule has 3 aromatic rings. The summed E-state index contributed by atoms with van der Waals surface area (Å²) < 4.78 is 11.4. The SMILES string of the molecule is O=C(c1ccccc1)N1CCO[C@H](c2cc(C(=O)N3CCOCC3)c3ccccc3n2)C1. The molecule has 0 aliphatic carbocycles. The van der Waals surface area contributed by atoms with Crippen LogP contribution in [-0.4, -0.2) is 72.6 Å². The van der Waals surface area contributed by atoms with E-state index in [2.05, 4.69) is 0 Å². The summed E-state index contributed by atoms with van der Waals surface area (Å²) in [6.07, 6.45) is -0.391. The number of pyridine rings is 1. The second-order valence-corrected chi connectivity index (χ2v) is 7.99. The third-order valence-corrected chi connectivity index (χ3v) is 5.97. The van der Waals surface area contributed by atoms with Crippen molar-refractivity contribution in [1.29, 1.82) is 0 Å². The number of para-hydroxylation sites is 1. The number of benzene rings is 2. The quantitative estimate of drug-likeness (QED) is 0.638. The first-order chi connectivity index (χ1) is 15.7. The third-order valence-electron chi connectivity index (χ3n) is 5.97. The standard InChI is InChI=1S/C25H25N3O4/c29-24(18-6-2-1-3-7-18)28-12-15-32-23(17-28)22-16-20(19-8-4-5-9-21(19)26-22)25(30)27-10-13-31-14-11-27/h1-9,16,23H,10-15,17H2/t23-/m0/s1. The van der Waals surface area contributed by atoms with Crippen molar-refractivity contribution in [2.75, 3.05) is 46.0 Å². The number of hydrogen-bond donors (Lipinski definition) is 0. The van der Waals surface area contributed by atoms with E-state index in [-0.39, 0.29) is 11.8 Å². The molecule has 0 radical (unpaired) electrons. The van der Waals surface area contributed by atoms with Crippen molar-refractivity contribution in [3.63, 3.8) is 0 Å². The number of hydrogen-bond acceptors (Lipinski definition) is 5. The summed E-state index contributed by atoms with van der Waals surface area (Å²) in [4.78, 5) is 34.7. The maximum Gasteiger partial charge on any atom is 0.254 e. The number of nitrogens with zero attached hydrogens (tertiary/aromatic N) is 3. The summed E-state index contributed by atoms with van der Waals surface area (Å²) in [5, 5.41) is 0.820. The van der Waals surface area contributed by atoms with Gasteiger partial charge in [0.2, 0.25) is 0 Å². The number of carbonyl (C=O) groups is 2. The van der Waals surface area contributed by atoms with Gasteiger partial charge in [-0.2, -0.15) is 0 Å². The van der Waals surface area contributed by atoms with Gasteiger partial charge in [-0.25, -0.2) is 4.98 Å². The van der Waals surface area contributed by atoms with E-state index in [1.54, 1.807) is 4.90 Å². The lowest BCUT2D eigenvalue weighted by atomic mass is 10.0. The molecule has 0 saturated carbocycles. The molecular weight excluding hydrogens is 406 g/mol. The van der Waals surface area contributed by atoms with Crippen LogP contribution >= 0.6 is 0 Å². The molecule has 5 rings (SSSR count). The van der Waals surface area contributed by atoms with Crippen LogP contribution in [0.25, 0.3) is 10.9 Å². The predicted octanol–water partition coefficient (Wildman–Crippen LogP) is 2.92. The van der Waals surface area contributed by atoms with E-state index >= 15 is 0 Å². The molecule has 2 amide bonds. The van der Waals surface area contributed by atoms with Gasteiger partial charge in [-0.1, -0.05) is 36.4 Å². The topological polar surface area (TPSA) is 72.0 Å². The predicted molar refractivity (Wildman–Crippen MR) is 120 cm³/mol. The van der Waals surface area contributed by atoms with Crippen LogP contribution in [-0.2, 0) is 9.47 Å². The second kappa shape index (κ2) is 9.06. The molecule has 2 aliphatic rings. The van der Waals surface area contributed by atoms with Crippen molar-refractivity contribution in [3.8, 4) is 0 Å². The Kier molecular flexibility index (Phi) is 5.83. The van der Waals surface area contributed by atoms with Crippen molar-refractivity contribution < 1.29 is 19.1 Å². The molecular formula is C25H25N3O4. The van der Waals surface area contributed by atoms with E-state index in [4.69, 9.17) is 14.5 Å². The van der Waals surface area contributed by atoms with Crippen LogP contribution in [0.5, 0.6) is 0 Å². The number of fused-ring (bicyclic) bond motifs is 1. The lowest BCUT2D eigenvalue weighted by Crippen LogP contribution is -2.42. The van der Waals surface area contributed by atoms with Crippen molar-refractivity contribution in [3.05, 3.63) is 77.5 Å². The van der Waals surface area contributed by atoms with Crippen molar-refractivity contribution in [2.24, 2.45) is 0 Å². The molecule has 2 aromatic carbocycles. The maximum absolute atomic E-state index is 13.3. The fourth-order valence-electron chi connectivity index (χ4n) is 4.25. The van der Waals surface area contributed by atoms with Gasteiger partial charge in [-0.3, -0.25) is 9.59 Å². The first-order valence-corrected chi connectivity index (χ1v) is 10.9. The Balaban J connectivity index is 1.46. The monoisotopic (exact) mass is 431 g/mol. The summed E-state index contributed by atoms with van der Waals surface area (Å²) in [7, 11) is 0. The summed E-state index contributed by atoms with van der Waals surface area (Å²) in [6, 6.07) is 18.7. The molecule has 7 nitrogen and oxygen atoms in total. The molecule has 2 aliphatic heterocycles. The molecule has 2 fully saturated rings. The first kappa shape index (κ1) is 20.6. The first-order valence-electron chi connectivity index (χ1n) is 10.9. The van der Waals surface area contributed by atoms with Gasteiger partial charge in [0.25, 0.3) is 11.8 Å². The molecule has 0 spiro atoms. The van der Waals surface area contributed by atoms with Gasteiger partial charge < -0.3 is 19.3 Å². The van der Waals surface area contributed by atoms with Crippen molar-refractivity contribution in [1.82, 2.24) is 14.8 Å². The van der Waals surface area contributed by atoms with Gasteiger partial charge in [0.1, 0.15) is 6.10 Å². The normalized spacial score (nSPS) is 19.2.